The summed E-state index contributed by atoms with van der Waals surface area (Å²) in [6.45, 7) is 6.07. The highest BCUT2D eigenvalue weighted by molar-refractivity contribution is 5.87. The van der Waals surface area contributed by atoms with Gasteiger partial charge in [-0.15, -0.1) is 0 Å². The number of rotatable bonds is 9. The van der Waals surface area contributed by atoms with Gasteiger partial charge < -0.3 is 15.0 Å². The van der Waals surface area contributed by atoms with Gasteiger partial charge in [0.15, 0.2) is 0 Å². The molecule has 0 aliphatic heterocycles. The van der Waals surface area contributed by atoms with Crippen molar-refractivity contribution in [2.75, 3.05) is 13.2 Å². The first-order valence-electron chi connectivity index (χ1n) is 11.4. The van der Waals surface area contributed by atoms with Crippen molar-refractivity contribution >= 4 is 22.9 Å². The molecule has 0 unspecified atom stereocenters. The zero-order chi connectivity index (χ0) is 23.0. The fourth-order valence-electron chi connectivity index (χ4n) is 4.14. The van der Waals surface area contributed by atoms with E-state index < -0.39 is 0 Å². The summed E-state index contributed by atoms with van der Waals surface area (Å²) in [6, 6.07) is 25.2. The number of nitrogens with one attached hydrogen (secondary N) is 2. The van der Waals surface area contributed by atoms with Crippen LogP contribution in [0.15, 0.2) is 78.9 Å². The molecule has 0 aliphatic carbocycles. The molecule has 0 saturated heterocycles. The Morgan fingerprint density at radius 2 is 1.79 bits per heavy atom. The second-order valence-electron chi connectivity index (χ2n) is 8.11. The summed E-state index contributed by atoms with van der Waals surface area (Å²) in [5.41, 5.74) is 8.34. The van der Waals surface area contributed by atoms with Gasteiger partial charge in [0.1, 0.15) is 0 Å². The third-order valence-corrected chi connectivity index (χ3v) is 5.75. The molecule has 0 amide bonds. The van der Waals surface area contributed by atoms with E-state index in [2.05, 4.69) is 77.9 Å². The Balaban J connectivity index is 1.38. The fraction of sp³-hybridized carbons (Fsp3) is 0.207. The van der Waals surface area contributed by atoms with Crippen LogP contribution in [0.3, 0.4) is 0 Å². The maximum absolute atomic E-state index is 11.6. The first-order chi connectivity index (χ1) is 16.1. The van der Waals surface area contributed by atoms with Crippen LogP contribution in [0.5, 0.6) is 0 Å². The lowest BCUT2D eigenvalue weighted by Gasteiger charge is -2.09. The number of aryl methyl sites for hydroxylation is 1. The average molecular weight is 439 g/mol. The highest BCUT2D eigenvalue weighted by Gasteiger charge is 2.07. The molecule has 4 heteroatoms. The molecule has 33 heavy (non-hydrogen) atoms. The van der Waals surface area contributed by atoms with Crippen LogP contribution in [0.2, 0.25) is 0 Å². The third kappa shape index (κ3) is 5.79. The number of hydrogen-bond acceptors (Lipinski definition) is 3. The number of ether oxygens (including phenoxy) is 1. The van der Waals surface area contributed by atoms with E-state index in [0.717, 1.165) is 36.2 Å². The van der Waals surface area contributed by atoms with Crippen LogP contribution in [0, 0.1) is 6.92 Å². The standard InChI is InChI=1S/C29H30N2O2/c1-3-33-29(32)15-14-22-8-6-10-24(18-22)25-11-7-9-23(19-25)20-30-17-16-26-21(2)31-28-13-5-4-12-27(26)28/h4-15,18-19,30-31H,3,16-17,20H2,1-2H3. The zero-order valence-corrected chi connectivity index (χ0v) is 19.2. The number of benzene rings is 3. The third-order valence-electron chi connectivity index (χ3n) is 5.75. The lowest BCUT2D eigenvalue weighted by atomic mass is 10.0. The van der Waals surface area contributed by atoms with Crippen molar-refractivity contribution in [2.24, 2.45) is 0 Å². The lowest BCUT2D eigenvalue weighted by molar-refractivity contribution is -0.137. The van der Waals surface area contributed by atoms with Gasteiger partial charge >= 0.3 is 5.97 Å². The predicted molar refractivity (Wildman–Crippen MR) is 136 cm³/mol. The smallest absolute Gasteiger partial charge is 0.330 e. The van der Waals surface area contributed by atoms with Gasteiger partial charge in [-0.25, -0.2) is 4.79 Å². The summed E-state index contributed by atoms with van der Waals surface area (Å²) in [5, 5.41) is 4.91. The normalized spacial score (nSPS) is 11.3. The molecule has 2 N–H and O–H groups in total. The first kappa shape index (κ1) is 22.6. The van der Waals surface area contributed by atoms with Crippen LogP contribution < -0.4 is 5.32 Å². The van der Waals surface area contributed by atoms with E-state index >= 15 is 0 Å². The van der Waals surface area contributed by atoms with E-state index in [1.54, 1.807) is 13.0 Å². The topological polar surface area (TPSA) is 54.1 Å². The SMILES string of the molecule is CCOC(=O)C=Cc1cccc(-c2cccc(CNCCc3c(C)[nH]c4ccccc34)c2)c1. The second kappa shape index (κ2) is 10.8. The van der Waals surface area contributed by atoms with Crippen LogP contribution in [0.4, 0.5) is 0 Å². The van der Waals surface area contributed by atoms with Gasteiger partial charge in [0.05, 0.1) is 6.61 Å². The molecule has 168 valence electrons. The van der Waals surface area contributed by atoms with E-state index in [0.29, 0.717) is 6.61 Å². The number of aromatic nitrogens is 1. The van der Waals surface area contributed by atoms with Gasteiger partial charge in [0.25, 0.3) is 0 Å². The molecule has 0 bridgehead atoms. The van der Waals surface area contributed by atoms with Gasteiger partial charge in [0.2, 0.25) is 0 Å². The van der Waals surface area contributed by atoms with E-state index in [9.17, 15) is 4.79 Å². The summed E-state index contributed by atoms with van der Waals surface area (Å²) in [5.74, 6) is -0.321. The van der Waals surface area contributed by atoms with Crippen molar-refractivity contribution in [3.8, 4) is 11.1 Å². The summed E-state index contributed by atoms with van der Waals surface area (Å²) in [6.07, 6.45) is 4.25. The molecular weight excluding hydrogens is 408 g/mol. The predicted octanol–water partition coefficient (Wildman–Crippen LogP) is 6.05. The highest BCUT2D eigenvalue weighted by Crippen LogP contribution is 2.23. The largest absolute Gasteiger partial charge is 0.463 e. The minimum atomic E-state index is -0.321. The minimum absolute atomic E-state index is 0.321. The molecule has 0 atom stereocenters. The number of fused-ring (bicyclic) bond motifs is 1. The summed E-state index contributed by atoms with van der Waals surface area (Å²) in [7, 11) is 0. The Hall–Kier alpha value is -3.63. The number of carbonyl (C=O) groups excluding carboxylic acids is 1. The quantitative estimate of drug-likeness (QED) is 0.190. The van der Waals surface area contributed by atoms with Gasteiger partial charge in [-0.2, -0.15) is 0 Å². The van der Waals surface area contributed by atoms with Gasteiger partial charge in [-0.1, -0.05) is 54.6 Å². The minimum Gasteiger partial charge on any atom is -0.463 e. The van der Waals surface area contributed by atoms with Crippen molar-refractivity contribution in [3.63, 3.8) is 0 Å². The molecule has 4 nitrogen and oxygen atoms in total. The van der Waals surface area contributed by atoms with Gasteiger partial charge in [-0.3, -0.25) is 0 Å². The Kier molecular flexibility index (Phi) is 7.38. The number of esters is 1. The van der Waals surface area contributed by atoms with Crippen LogP contribution in [-0.2, 0) is 22.5 Å². The summed E-state index contributed by atoms with van der Waals surface area (Å²) < 4.78 is 4.96. The zero-order valence-electron chi connectivity index (χ0n) is 19.2. The maximum Gasteiger partial charge on any atom is 0.330 e. The highest BCUT2D eigenvalue weighted by atomic mass is 16.5. The molecule has 1 heterocycles. The Bertz CT molecular complexity index is 1270. The second-order valence-corrected chi connectivity index (χ2v) is 8.11. The average Bonchev–Trinajstić information content (AvgIpc) is 3.16. The number of H-pyrrole nitrogens is 1. The molecule has 0 spiro atoms. The number of para-hydroxylation sites is 1. The molecule has 0 radical (unpaired) electrons. The van der Waals surface area contributed by atoms with E-state index in [4.69, 9.17) is 4.74 Å². The van der Waals surface area contributed by atoms with Crippen molar-refractivity contribution < 1.29 is 9.53 Å². The van der Waals surface area contributed by atoms with Crippen LogP contribution in [-0.4, -0.2) is 24.1 Å². The Morgan fingerprint density at radius 3 is 2.64 bits per heavy atom. The lowest BCUT2D eigenvalue weighted by Crippen LogP contribution is -2.16. The molecule has 0 saturated carbocycles. The molecule has 0 aliphatic rings. The molecule has 3 aromatic carbocycles. The monoisotopic (exact) mass is 438 g/mol. The maximum atomic E-state index is 11.6. The Labute approximate surface area is 195 Å². The van der Waals surface area contributed by atoms with E-state index in [-0.39, 0.29) is 5.97 Å². The number of aromatic amines is 1. The van der Waals surface area contributed by atoms with E-state index in [1.807, 2.05) is 12.1 Å². The van der Waals surface area contributed by atoms with Crippen molar-refractivity contribution in [2.45, 2.75) is 26.8 Å². The summed E-state index contributed by atoms with van der Waals surface area (Å²) in [4.78, 5) is 15.1. The first-order valence-corrected chi connectivity index (χ1v) is 11.4. The van der Waals surface area contributed by atoms with Gasteiger partial charge in [-0.05, 0) is 78.9 Å². The Morgan fingerprint density at radius 1 is 1.00 bits per heavy atom. The summed E-state index contributed by atoms with van der Waals surface area (Å²) >= 11 is 0. The van der Waals surface area contributed by atoms with Crippen LogP contribution >= 0.6 is 0 Å². The number of carbonyl (C=O) groups is 1. The number of hydrogen-bond donors (Lipinski definition) is 2. The van der Waals surface area contributed by atoms with Crippen LogP contribution in [0.1, 0.15) is 29.3 Å². The van der Waals surface area contributed by atoms with E-state index in [1.165, 1.54) is 33.8 Å². The molecule has 4 rings (SSSR count). The van der Waals surface area contributed by atoms with Gasteiger partial charge in [0, 0.05) is 29.2 Å². The molecule has 0 fully saturated rings. The molecule has 4 aromatic rings. The van der Waals surface area contributed by atoms with Crippen molar-refractivity contribution in [3.05, 3.63) is 101 Å². The fourth-order valence-corrected chi connectivity index (χ4v) is 4.14. The molecular formula is C29H30N2O2. The van der Waals surface area contributed by atoms with Crippen molar-refractivity contribution in [1.82, 2.24) is 10.3 Å². The molecule has 1 aromatic heterocycles. The van der Waals surface area contributed by atoms with Crippen molar-refractivity contribution in [1.29, 1.82) is 0 Å². The van der Waals surface area contributed by atoms with Crippen LogP contribution in [0.25, 0.3) is 28.1 Å².